The first-order valence-corrected chi connectivity index (χ1v) is 16.1. The summed E-state index contributed by atoms with van der Waals surface area (Å²) < 4.78 is 15.3. The summed E-state index contributed by atoms with van der Waals surface area (Å²) in [5.41, 5.74) is 0. The number of unbranched alkanes of at least 4 members (excludes halogenated alkanes) is 14. The summed E-state index contributed by atoms with van der Waals surface area (Å²) in [6.45, 7) is 0.925. The van der Waals surface area contributed by atoms with Gasteiger partial charge in [0.1, 0.15) is 48.8 Å². The number of aliphatic carboxylic acids is 1. The monoisotopic (exact) mass is 626 g/mol. The fourth-order valence-electron chi connectivity index (χ4n) is 5.22. The Labute approximate surface area is 255 Å². The molecule has 2 fully saturated rings. The third-order valence-corrected chi connectivity index (χ3v) is 7.97. The van der Waals surface area contributed by atoms with Gasteiger partial charge in [0, 0.05) is 6.42 Å². The average Bonchev–Trinajstić information content (AvgIpc) is 2.99. The van der Waals surface area contributed by atoms with Gasteiger partial charge in [0.05, 0.1) is 13.2 Å². The summed E-state index contributed by atoms with van der Waals surface area (Å²) in [6.07, 6.45) is 4.63. The van der Waals surface area contributed by atoms with Crippen LogP contribution in [-0.2, 0) is 19.0 Å². The van der Waals surface area contributed by atoms with Crippen molar-refractivity contribution in [1.82, 2.24) is 0 Å². The summed E-state index contributed by atoms with van der Waals surface area (Å²) in [5.74, 6) is -0.653. The highest BCUT2D eigenvalue weighted by molar-refractivity contribution is 5.66. The second-order valence-electron chi connectivity index (χ2n) is 11.6. The maximum atomic E-state index is 10.3. The predicted molar refractivity (Wildman–Crippen MR) is 156 cm³/mol. The van der Waals surface area contributed by atoms with Crippen LogP contribution in [0.3, 0.4) is 0 Å². The number of ether oxygens (including phenoxy) is 3. The fourth-order valence-corrected chi connectivity index (χ4v) is 5.22. The molecule has 2 heterocycles. The molecule has 13 heteroatoms. The Bertz CT molecular complexity index is 695. The Hall–Kier alpha value is -0.970. The molecule has 0 aromatic heterocycles. The van der Waals surface area contributed by atoms with Crippen molar-refractivity contribution < 1.29 is 65.0 Å². The maximum Gasteiger partial charge on any atom is 0.303 e. The van der Waals surface area contributed by atoms with Crippen LogP contribution in [0.2, 0.25) is 0 Å². The lowest BCUT2D eigenvalue weighted by Crippen LogP contribution is -2.64. The van der Waals surface area contributed by atoms with Crippen molar-refractivity contribution in [2.45, 2.75) is 171 Å². The van der Waals surface area contributed by atoms with Crippen LogP contribution < -0.4 is 0 Å². The van der Waals surface area contributed by atoms with Gasteiger partial charge >= 0.3 is 5.97 Å². The van der Waals surface area contributed by atoms with Crippen LogP contribution in [0.4, 0.5) is 0 Å². The lowest BCUT2D eigenvalue weighted by molar-refractivity contribution is -0.355. The molecule has 10 atom stereocenters. The first-order chi connectivity index (χ1) is 20.6. The minimum absolute atomic E-state index is 0.345. The number of aliphatic hydroxyl groups is 8. The number of hydrogen-bond donors (Lipinski definition) is 9. The quantitative estimate of drug-likeness (QED) is 0.0858. The van der Waals surface area contributed by atoms with Gasteiger partial charge in [-0.1, -0.05) is 96.8 Å². The fraction of sp³-hybridized carbons (Fsp3) is 0.967. The zero-order chi connectivity index (χ0) is 32.2. The molecule has 0 unspecified atom stereocenters. The van der Waals surface area contributed by atoms with E-state index in [4.69, 9.17) is 24.4 Å². The SMILES string of the molecule is CCCCCCCCCCCCCCCCCC(=O)O.OC[C@H]1O[C@@H](O[C@H]2[C@H](O)[C@@H](O)[C@H](O)O[C@@H]2CO)[C@H](O)[C@@H](O)[C@H]1O. The summed E-state index contributed by atoms with van der Waals surface area (Å²) in [7, 11) is 0. The lowest BCUT2D eigenvalue weighted by atomic mass is 9.97. The summed E-state index contributed by atoms with van der Waals surface area (Å²) in [6, 6.07) is 0. The molecule has 2 saturated heterocycles. The van der Waals surface area contributed by atoms with Gasteiger partial charge in [0.15, 0.2) is 12.6 Å². The molecule has 0 radical (unpaired) electrons. The van der Waals surface area contributed by atoms with E-state index in [9.17, 15) is 40.5 Å². The Kier molecular flexibility index (Phi) is 21.8. The topological polar surface area (TPSA) is 227 Å². The standard InChI is InChI=1S/C18H36O2.C12H22O11/c1-2-3-4-5-6-7-8-9-10-11-12-13-14-15-16-17-18(19)20;13-1-3-5(15)6(16)9(19)12(22-3)23-10-4(2-14)21-11(20)8(18)7(10)17/h2-17H2,1H3,(H,19,20);3-20H,1-2H2/t;3-,4-,5+,6+,7-,8-,9-,10-,11-,12+/m.1/s1. The lowest BCUT2D eigenvalue weighted by Gasteiger charge is -2.45. The van der Waals surface area contributed by atoms with E-state index in [1.807, 2.05) is 0 Å². The number of carboxylic acids is 1. The van der Waals surface area contributed by atoms with Crippen molar-refractivity contribution in [2.24, 2.45) is 0 Å². The van der Waals surface area contributed by atoms with Crippen molar-refractivity contribution in [2.75, 3.05) is 13.2 Å². The third-order valence-electron chi connectivity index (χ3n) is 7.97. The van der Waals surface area contributed by atoms with Crippen LogP contribution in [0.15, 0.2) is 0 Å². The van der Waals surface area contributed by atoms with Gasteiger partial charge < -0.3 is 60.2 Å². The Morgan fingerprint density at radius 3 is 1.49 bits per heavy atom. The molecule has 0 saturated carbocycles. The van der Waals surface area contributed by atoms with Gasteiger partial charge in [-0.15, -0.1) is 0 Å². The van der Waals surface area contributed by atoms with Crippen LogP contribution >= 0.6 is 0 Å². The van der Waals surface area contributed by atoms with Crippen LogP contribution in [0.25, 0.3) is 0 Å². The molecule has 0 bridgehead atoms. The number of rotatable bonds is 20. The molecule has 0 aromatic rings. The first-order valence-electron chi connectivity index (χ1n) is 16.1. The second kappa shape index (κ2) is 23.4. The third kappa shape index (κ3) is 15.2. The average molecular weight is 627 g/mol. The minimum atomic E-state index is -1.74. The highest BCUT2D eigenvalue weighted by atomic mass is 16.7. The first kappa shape index (κ1) is 40.1. The van der Waals surface area contributed by atoms with E-state index in [1.165, 1.54) is 83.5 Å². The van der Waals surface area contributed by atoms with Crippen molar-refractivity contribution >= 4 is 5.97 Å². The Balaban J connectivity index is 0.000000436. The van der Waals surface area contributed by atoms with Gasteiger partial charge in [-0.3, -0.25) is 4.79 Å². The highest BCUT2D eigenvalue weighted by Crippen LogP contribution is 2.28. The van der Waals surface area contributed by atoms with Crippen molar-refractivity contribution in [3.8, 4) is 0 Å². The summed E-state index contributed by atoms with van der Waals surface area (Å²) in [5, 5.41) is 85.0. The van der Waals surface area contributed by atoms with Crippen LogP contribution in [0.5, 0.6) is 0 Å². The van der Waals surface area contributed by atoms with Gasteiger partial charge in [-0.2, -0.15) is 0 Å². The molecule has 0 spiro atoms. The molecule has 256 valence electrons. The molecule has 43 heavy (non-hydrogen) atoms. The van der Waals surface area contributed by atoms with Crippen LogP contribution in [0.1, 0.15) is 110 Å². The van der Waals surface area contributed by atoms with E-state index in [0.717, 1.165) is 12.8 Å². The van der Waals surface area contributed by atoms with Crippen molar-refractivity contribution in [1.29, 1.82) is 0 Å². The number of hydrogen-bond acceptors (Lipinski definition) is 12. The smallest absolute Gasteiger partial charge is 0.303 e. The zero-order valence-corrected chi connectivity index (χ0v) is 25.7. The van der Waals surface area contributed by atoms with Gasteiger partial charge in [-0.05, 0) is 6.42 Å². The molecule has 2 rings (SSSR count). The number of carbonyl (C=O) groups is 1. The number of aliphatic hydroxyl groups excluding tert-OH is 8. The maximum absolute atomic E-state index is 10.3. The van der Waals surface area contributed by atoms with Crippen LogP contribution in [0, 0.1) is 0 Å². The summed E-state index contributed by atoms with van der Waals surface area (Å²) in [4.78, 5) is 10.3. The largest absolute Gasteiger partial charge is 0.481 e. The molecule has 2 aliphatic rings. The normalized spacial score (nSPS) is 32.7. The van der Waals surface area contributed by atoms with Gasteiger partial charge in [-0.25, -0.2) is 0 Å². The molecule has 0 amide bonds. The molecule has 9 N–H and O–H groups in total. The number of carboxylic acid groups (broad SMARTS) is 1. The van der Waals surface area contributed by atoms with E-state index in [1.54, 1.807) is 0 Å². The minimum Gasteiger partial charge on any atom is -0.481 e. The van der Waals surface area contributed by atoms with E-state index >= 15 is 0 Å². The Morgan fingerprint density at radius 1 is 0.581 bits per heavy atom. The van der Waals surface area contributed by atoms with Crippen molar-refractivity contribution in [3.63, 3.8) is 0 Å². The van der Waals surface area contributed by atoms with Gasteiger partial charge in [0.25, 0.3) is 0 Å². The summed E-state index contributed by atoms with van der Waals surface area (Å²) >= 11 is 0. The van der Waals surface area contributed by atoms with Gasteiger partial charge in [0.2, 0.25) is 0 Å². The molecular formula is C30H58O13. The predicted octanol–water partition coefficient (Wildman–Crippen LogP) is 0.935. The highest BCUT2D eigenvalue weighted by Gasteiger charge is 2.50. The molecule has 0 aromatic carbocycles. The zero-order valence-electron chi connectivity index (χ0n) is 25.7. The van der Waals surface area contributed by atoms with E-state index in [2.05, 4.69) is 6.92 Å². The second-order valence-corrected chi connectivity index (χ2v) is 11.6. The van der Waals surface area contributed by atoms with Crippen molar-refractivity contribution in [3.05, 3.63) is 0 Å². The van der Waals surface area contributed by atoms with E-state index in [-0.39, 0.29) is 0 Å². The van der Waals surface area contributed by atoms with E-state index < -0.39 is 80.6 Å². The molecule has 0 aliphatic carbocycles. The molecule has 2 aliphatic heterocycles. The Morgan fingerprint density at radius 2 is 1.05 bits per heavy atom. The molecular weight excluding hydrogens is 568 g/mol. The molecule has 13 nitrogen and oxygen atoms in total. The van der Waals surface area contributed by atoms with Crippen LogP contribution in [-0.4, -0.2) is 127 Å². The van der Waals surface area contributed by atoms with E-state index in [0.29, 0.717) is 6.42 Å².